The van der Waals surface area contributed by atoms with Crippen LogP contribution in [-0.4, -0.2) is 21.2 Å². The van der Waals surface area contributed by atoms with Gasteiger partial charge in [-0.15, -0.1) is 0 Å². The third-order valence-electron chi connectivity index (χ3n) is 3.06. The maximum atomic E-state index is 12.5. The molecular weight excluding hydrogens is 332 g/mol. The maximum absolute atomic E-state index is 12.5. The van der Waals surface area contributed by atoms with Crippen molar-refractivity contribution < 1.29 is 9.53 Å². The summed E-state index contributed by atoms with van der Waals surface area (Å²) in [5.41, 5.74) is 1.79. The summed E-state index contributed by atoms with van der Waals surface area (Å²) < 4.78 is 8.04. The first kappa shape index (κ1) is 14.1. The minimum Gasteiger partial charge on any atom is -0.443 e. The highest BCUT2D eigenvalue weighted by Crippen LogP contribution is 2.30. The average Bonchev–Trinajstić information content (AvgIpc) is 2.71. The second kappa shape index (κ2) is 4.84. The zero-order valence-electron chi connectivity index (χ0n) is 12.1. The summed E-state index contributed by atoms with van der Waals surface area (Å²) in [6, 6.07) is 9.45. The predicted octanol–water partition coefficient (Wildman–Crippen LogP) is 4.74. The SMILES string of the molecule is CC(C)(C)OC(=O)n1c2ccc(Br)cc2c2ncccc21. The number of fused-ring (bicyclic) bond motifs is 3. The number of hydrogen-bond donors (Lipinski definition) is 0. The molecule has 3 rings (SSSR count). The Morgan fingerprint density at radius 3 is 2.71 bits per heavy atom. The van der Waals surface area contributed by atoms with Crippen LogP contribution in [0.2, 0.25) is 0 Å². The highest BCUT2D eigenvalue weighted by Gasteiger charge is 2.22. The number of pyridine rings is 1. The van der Waals surface area contributed by atoms with Crippen LogP contribution >= 0.6 is 15.9 Å². The molecule has 0 aliphatic carbocycles. The Kier molecular flexibility index (Phi) is 3.24. The van der Waals surface area contributed by atoms with Gasteiger partial charge in [-0.1, -0.05) is 15.9 Å². The third kappa shape index (κ3) is 2.53. The fraction of sp³-hybridized carbons (Fsp3) is 0.250. The Bertz CT molecular complexity index is 846. The Labute approximate surface area is 130 Å². The Balaban J connectivity index is 2.31. The van der Waals surface area contributed by atoms with Crippen LogP contribution in [0.15, 0.2) is 41.0 Å². The molecule has 0 saturated carbocycles. The minimum absolute atomic E-state index is 0.391. The molecule has 0 radical (unpaired) electrons. The summed E-state index contributed by atoms with van der Waals surface area (Å²) in [4.78, 5) is 16.9. The molecule has 108 valence electrons. The van der Waals surface area contributed by atoms with Gasteiger partial charge in [-0.2, -0.15) is 0 Å². The predicted molar refractivity (Wildman–Crippen MR) is 86.6 cm³/mol. The molecule has 1 aromatic carbocycles. The van der Waals surface area contributed by atoms with Gasteiger partial charge in [0.1, 0.15) is 5.60 Å². The van der Waals surface area contributed by atoms with E-state index in [0.717, 1.165) is 26.4 Å². The molecule has 0 aliphatic rings. The van der Waals surface area contributed by atoms with E-state index in [4.69, 9.17) is 4.74 Å². The van der Waals surface area contributed by atoms with Crippen LogP contribution in [0.3, 0.4) is 0 Å². The van der Waals surface area contributed by atoms with E-state index in [1.165, 1.54) is 0 Å². The molecule has 0 saturated heterocycles. The second-order valence-electron chi connectivity index (χ2n) is 5.85. The summed E-state index contributed by atoms with van der Waals surface area (Å²) >= 11 is 3.46. The van der Waals surface area contributed by atoms with Gasteiger partial charge in [0, 0.05) is 16.1 Å². The first-order chi connectivity index (χ1) is 9.87. The summed E-state index contributed by atoms with van der Waals surface area (Å²) in [5.74, 6) is 0. The number of hydrogen-bond acceptors (Lipinski definition) is 3. The highest BCUT2D eigenvalue weighted by atomic mass is 79.9. The van der Waals surface area contributed by atoms with Gasteiger partial charge in [0.05, 0.1) is 16.6 Å². The topological polar surface area (TPSA) is 44.1 Å². The van der Waals surface area contributed by atoms with Crippen LogP contribution in [0, 0.1) is 0 Å². The highest BCUT2D eigenvalue weighted by molar-refractivity contribution is 9.10. The van der Waals surface area contributed by atoms with Crippen molar-refractivity contribution in [2.75, 3.05) is 0 Å². The minimum atomic E-state index is -0.544. The van der Waals surface area contributed by atoms with Crippen molar-refractivity contribution in [3.8, 4) is 0 Å². The Morgan fingerprint density at radius 1 is 1.24 bits per heavy atom. The molecule has 3 aromatic rings. The van der Waals surface area contributed by atoms with Crippen molar-refractivity contribution in [1.82, 2.24) is 9.55 Å². The first-order valence-electron chi connectivity index (χ1n) is 6.65. The molecule has 2 heterocycles. The van der Waals surface area contributed by atoms with E-state index < -0.39 is 11.7 Å². The fourth-order valence-electron chi connectivity index (χ4n) is 2.31. The molecular formula is C16H15BrN2O2. The van der Waals surface area contributed by atoms with E-state index in [9.17, 15) is 4.79 Å². The molecule has 4 nitrogen and oxygen atoms in total. The van der Waals surface area contributed by atoms with Crippen LogP contribution in [-0.2, 0) is 4.74 Å². The first-order valence-corrected chi connectivity index (χ1v) is 7.44. The van der Waals surface area contributed by atoms with Gasteiger partial charge in [0.15, 0.2) is 0 Å². The third-order valence-corrected chi connectivity index (χ3v) is 3.55. The van der Waals surface area contributed by atoms with Crippen molar-refractivity contribution >= 4 is 44.0 Å². The van der Waals surface area contributed by atoms with E-state index in [1.807, 2.05) is 51.1 Å². The lowest BCUT2D eigenvalue weighted by atomic mass is 10.2. The van der Waals surface area contributed by atoms with Gasteiger partial charge in [-0.05, 0) is 51.1 Å². The number of carbonyl (C=O) groups is 1. The van der Waals surface area contributed by atoms with E-state index >= 15 is 0 Å². The molecule has 5 heteroatoms. The van der Waals surface area contributed by atoms with E-state index in [2.05, 4.69) is 20.9 Å². The van der Waals surface area contributed by atoms with Crippen molar-refractivity contribution in [1.29, 1.82) is 0 Å². The maximum Gasteiger partial charge on any atom is 0.419 e. The fourth-order valence-corrected chi connectivity index (χ4v) is 2.67. The van der Waals surface area contributed by atoms with Crippen molar-refractivity contribution in [2.45, 2.75) is 26.4 Å². The molecule has 0 spiro atoms. The van der Waals surface area contributed by atoms with Gasteiger partial charge in [0.25, 0.3) is 0 Å². The van der Waals surface area contributed by atoms with Crippen LogP contribution in [0.5, 0.6) is 0 Å². The lowest BCUT2D eigenvalue weighted by Gasteiger charge is -2.20. The molecule has 0 fully saturated rings. The Morgan fingerprint density at radius 2 is 2.00 bits per heavy atom. The monoisotopic (exact) mass is 346 g/mol. The molecule has 0 amide bonds. The van der Waals surface area contributed by atoms with Gasteiger partial charge in [-0.3, -0.25) is 4.98 Å². The molecule has 0 atom stereocenters. The summed E-state index contributed by atoms with van der Waals surface area (Å²) in [6.45, 7) is 5.56. The summed E-state index contributed by atoms with van der Waals surface area (Å²) in [5, 5.41) is 0.922. The number of benzene rings is 1. The summed E-state index contributed by atoms with van der Waals surface area (Å²) in [6.07, 6.45) is 1.33. The molecule has 0 aliphatic heterocycles. The number of aromatic nitrogens is 2. The molecule has 0 N–H and O–H groups in total. The molecule has 0 bridgehead atoms. The average molecular weight is 347 g/mol. The molecule has 2 aromatic heterocycles. The van der Waals surface area contributed by atoms with Crippen LogP contribution in [0.4, 0.5) is 4.79 Å². The quantitative estimate of drug-likeness (QED) is 0.590. The molecule has 0 unspecified atom stereocenters. The zero-order valence-corrected chi connectivity index (χ0v) is 13.6. The second-order valence-corrected chi connectivity index (χ2v) is 6.76. The van der Waals surface area contributed by atoms with E-state index in [1.54, 1.807) is 10.8 Å². The Hall–Kier alpha value is -1.88. The lowest BCUT2D eigenvalue weighted by molar-refractivity contribution is 0.0551. The lowest BCUT2D eigenvalue weighted by Crippen LogP contribution is -2.27. The van der Waals surface area contributed by atoms with Crippen LogP contribution < -0.4 is 0 Å². The zero-order chi connectivity index (χ0) is 15.2. The number of nitrogens with zero attached hydrogens (tertiary/aromatic N) is 2. The number of rotatable bonds is 0. The van der Waals surface area contributed by atoms with Gasteiger partial charge >= 0.3 is 6.09 Å². The van der Waals surface area contributed by atoms with Crippen molar-refractivity contribution in [2.24, 2.45) is 0 Å². The standard InChI is InChI=1S/C16H15BrN2O2/c1-16(2,3)21-15(20)19-12-7-6-10(17)9-11(12)14-13(19)5-4-8-18-14/h4-9H,1-3H3. The van der Waals surface area contributed by atoms with Crippen LogP contribution in [0.1, 0.15) is 20.8 Å². The molecule has 21 heavy (non-hydrogen) atoms. The van der Waals surface area contributed by atoms with Crippen molar-refractivity contribution in [3.63, 3.8) is 0 Å². The van der Waals surface area contributed by atoms with E-state index in [-0.39, 0.29) is 0 Å². The largest absolute Gasteiger partial charge is 0.443 e. The van der Waals surface area contributed by atoms with Crippen LogP contribution in [0.25, 0.3) is 21.9 Å². The number of halogens is 1. The van der Waals surface area contributed by atoms with E-state index in [0.29, 0.717) is 0 Å². The summed E-state index contributed by atoms with van der Waals surface area (Å²) in [7, 11) is 0. The normalized spacial score (nSPS) is 12.0. The number of carbonyl (C=O) groups excluding carboxylic acids is 1. The van der Waals surface area contributed by atoms with Gasteiger partial charge < -0.3 is 4.74 Å². The van der Waals surface area contributed by atoms with Gasteiger partial charge in [0.2, 0.25) is 0 Å². The smallest absolute Gasteiger partial charge is 0.419 e. The van der Waals surface area contributed by atoms with Crippen molar-refractivity contribution in [3.05, 3.63) is 41.0 Å². The van der Waals surface area contributed by atoms with Gasteiger partial charge in [-0.25, -0.2) is 9.36 Å². The number of ether oxygens (including phenoxy) is 1.